The molecule has 1 saturated heterocycles. The topological polar surface area (TPSA) is 110 Å². The smallest absolute Gasteiger partial charge is 0.337 e. The average molecular weight is 448 g/mol. The minimum Gasteiger partial charge on any atom is -0.465 e. The molecular weight excluding hydrogens is 418 g/mol. The highest BCUT2D eigenvalue weighted by Gasteiger charge is 2.17. The van der Waals surface area contributed by atoms with Crippen molar-refractivity contribution in [2.45, 2.75) is 25.7 Å². The van der Waals surface area contributed by atoms with E-state index in [1.807, 2.05) is 12.1 Å². The zero-order chi connectivity index (χ0) is 23.2. The molecule has 1 fully saturated rings. The van der Waals surface area contributed by atoms with Gasteiger partial charge in [0.15, 0.2) is 0 Å². The Bertz CT molecular complexity index is 1160. The number of methoxy groups -OCH3 is 1. The van der Waals surface area contributed by atoms with E-state index >= 15 is 0 Å². The highest BCUT2D eigenvalue weighted by Crippen LogP contribution is 2.30. The van der Waals surface area contributed by atoms with E-state index in [0.29, 0.717) is 11.3 Å². The first-order chi connectivity index (χ1) is 16.1. The third-order valence-corrected chi connectivity index (χ3v) is 6.01. The standard InChI is InChI=1S/C25H29N5O3/c1-33-25(32)17-6-7-18(19(14-17)24(26)31)23-15-22(20-16-27-10-8-21(20)29-23)28-9-5-13-30-11-3-2-4-12-30/h6-8,10,14-16H,2-5,9,11-13H2,1H3,(H2,26,31)(H,28,29). The number of aromatic nitrogens is 2. The van der Waals surface area contributed by atoms with E-state index in [4.69, 9.17) is 15.5 Å². The first-order valence-electron chi connectivity index (χ1n) is 11.3. The highest BCUT2D eigenvalue weighted by atomic mass is 16.5. The average Bonchev–Trinajstić information content (AvgIpc) is 2.86. The minimum absolute atomic E-state index is 0.217. The van der Waals surface area contributed by atoms with Gasteiger partial charge in [0.25, 0.3) is 0 Å². The number of amides is 1. The number of carbonyl (C=O) groups excluding carboxylic acids is 2. The number of nitrogens with two attached hydrogens (primary N) is 1. The normalized spacial score (nSPS) is 14.2. The summed E-state index contributed by atoms with van der Waals surface area (Å²) >= 11 is 0. The Labute approximate surface area is 193 Å². The molecule has 172 valence electrons. The van der Waals surface area contributed by atoms with Crippen molar-refractivity contribution in [2.75, 3.05) is 38.6 Å². The Morgan fingerprint density at radius 1 is 1.15 bits per heavy atom. The number of piperidine rings is 1. The second-order valence-corrected chi connectivity index (χ2v) is 8.25. The Kier molecular flexibility index (Phi) is 7.14. The lowest BCUT2D eigenvalue weighted by Crippen LogP contribution is -2.31. The Balaban J connectivity index is 1.62. The molecular formula is C25H29N5O3. The van der Waals surface area contributed by atoms with E-state index in [1.165, 1.54) is 45.5 Å². The highest BCUT2D eigenvalue weighted by molar-refractivity contribution is 6.03. The molecule has 8 nitrogen and oxygen atoms in total. The quantitative estimate of drug-likeness (QED) is 0.402. The maximum absolute atomic E-state index is 12.2. The number of esters is 1. The number of likely N-dealkylation sites (tertiary alicyclic amines) is 1. The van der Waals surface area contributed by atoms with Gasteiger partial charge in [-0.3, -0.25) is 9.78 Å². The molecule has 0 bridgehead atoms. The Morgan fingerprint density at radius 2 is 1.97 bits per heavy atom. The summed E-state index contributed by atoms with van der Waals surface area (Å²) < 4.78 is 4.76. The van der Waals surface area contributed by atoms with Crippen LogP contribution in [0.1, 0.15) is 46.4 Å². The van der Waals surface area contributed by atoms with Gasteiger partial charge in [-0.15, -0.1) is 0 Å². The van der Waals surface area contributed by atoms with Crippen LogP contribution in [0.2, 0.25) is 0 Å². The number of fused-ring (bicyclic) bond motifs is 1. The van der Waals surface area contributed by atoms with Gasteiger partial charge in [0.2, 0.25) is 5.91 Å². The van der Waals surface area contributed by atoms with Gasteiger partial charge in [0.1, 0.15) is 0 Å². The molecule has 4 rings (SSSR count). The molecule has 3 N–H and O–H groups in total. The molecule has 0 aliphatic carbocycles. The Morgan fingerprint density at radius 3 is 2.73 bits per heavy atom. The number of nitrogens with zero attached hydrogens (tertiary/aromatic N) is 3. The Hall–Kier alpha value is -3.52. The minimum atomic E-state index is -0.636. The predicted octanol–water partition coefficient (Wildman–Crippen LogP) is 3.47. The first-order valence-corrected chi connectivity index (χ1v) is 11.3. The van der Waals surface area contributed by atoms with Crippen molar-refractivity contribution in [2.24, 2.45) is 5.73 Å². The van der Waals surface area contributed by atoms with Crippen LogP contribution in [0.5, 0.6) is 0 Å². The number of primary amides is 1. The summed E-state index contributed by atoms with van der Waals surface area (Å²) in [6.07, 6.45) is 8.41. The van der Waals surface area contributed by atoms with E-state index in [1.54, 1.807) is 24.5 Å². The van der Waals surface area contributed by atoms with Crippen LogP contribution >= 0.6 is 0 Å². The van der Waals surface area contributed by atoms with E-state index in [-0.39, 0.29) is 11.1 Å². The van der Waals surface area contributed by atoms with Crippen molar-refractivity contribution in [3.05, 3.63) is 53.9 Å². The number of hydrogen-bond donors (Lipinski definition) is 2. The van der Waals surface area contributed by atoms with Crippen molar-refractivity contribution in [1.82, 2.24) is 14.9 Å². The molecule has 0 atom stereocenters. The van der Waals surface area contributed by atoms with Gasteiger partial charge in [-0.2, -0.15) is 0 Å². The monoisotopic (exact) mass is 447 g/mol. The van der Waals surface area contributed by atoms with Crippen molar-refractivity contribution >= 4 is 28.5 Å². The molecule has 0 radical (unpaired) electrons. The summed E-state index contributed by atoms with van der Waals surface area (Å²) in [5, 5.41) is 4.44. The molecule has 1 aliphatic rings. The molecule has 0 saturated carbocycles. The summed E-state index contributed by atoms with van der Waals surface area (Å²) in [7, 11) is 1.29. The first kappa shape index (κ1) is 22.7. The van der Waals surface area contributed by atoms with Crippen LogP contribution in [0.15, 0.2) is 42.7 Å². The lowest BCUT2D eigenvalue weighted by Gasteiger charge is -2.26. The zero-order valence-electron chi connectivity index (χ0n) is 18.8. The number of hydrogen-bond acceptors (Lipinski definition) is 7. The fourth-order valence-electron chi connectivity index (χ4n) is 4.28. The number of rotatable bonds is 8. The SMILES string of the molecule is COC(=O)c1ccc(-c2cc(NCCCN3CCCCC3)c3cnccc3n2)c(C(N)=O)c1. The molecule has 1 aliphatic heterocycles. The van der Waals surface area contributed by atoms with Crippen molar-refractivity contribution in [1.29, 1.82) is 0 Å². The van der Waals surface area contributed by atoms with Crippen LogP contribution < -0.4 is 11.1 Å². The van der Waals surface area contributed by atoms with Gasteiger partial charge in [-0.1, -0.05) is 12.5 Å². The molecule has 2 aromatic heterocycles. The summed E-state index contributed by atoms with van der Waals surface area (Å²) in [6.45, 7) is 4.25. The third kappa shape index (κ3) is 5.28. The summed E-state index contributed by atoms with van der Waals surface area (Å²) in [6, 6.07) is 8.49. The number of ether oxygens (including phenoxy) is 1. The van der Waals surface area contributed by atoms with Crippen LogP contribution in [-0.2, 0) is 4.74 Å². The van der Waals surface area contributed by atoms with Crippen molar-refractivity contribution in [3.8, 4) is 11.3 Å². The molecule has 3 aromatic rings. The van der Waals surface area contributed by atoms with Crippen molar-refractivity contribution in [3.63, 3.8) is 0 Å². The molecule has 0 spiro atoms. The second-order valence-electron chi connectivity index (χ2n) is 8.25. The van der Waals surface area contributed by atoms with Crippen LogP contribution in [0.3, 0.4) is 0 Å². The van der Waals surface area contributed by atoms with Gasteiger partial charge < -0.3 is 20.7 Å². The van der Waals surface area contributed by atoms with Crippen LogP contribution in [0, 0.1) is 0 Å². The van der Waals surface area contributed by atoms with Gasteiger partial charge in [-0.05, 0) is 63.2 Å². The maximum Gasteiger partial charge on any atom is 0.337 e. The fraction of sp³-hybridized carbons (Fsp3) is 0.360. The predicted molar refractivity (Wildman–Crippen MR) is 128 cm³/mol. The van der Waals surface area contributed by atoms with E-state index in [2.05, 4.69) is 15.2 Å². The lowest BCUT2D eigenvalue weighted by atomic mass is 9.99. The summed E-state index contributed by atoms with van der Waals surface area (Å²) in [5.74, 6) is -1.17. The van der Waals surface area contributed by atoms with E-state index in [9.17, 15) is 9.59 Å². The number of anilines is 1. The molecule has 0 unspecified atom stereocenters. The van der Waals surface area contributed by atoms with Gasteiger partial charge in [0.05, 0.1) is 23.9 Å². The van der Waals surface area contributed by atoms with Crippen LogP contribution in [0.25, 0.3) is 22.2 Å². The third-order valence-electron chi connectivity index (χ3n) is 6.01. The molecule has 3 heterocycles. The maximum atomic E-state index is 12.2. The van der Waals surface area contributed by atoms with E-state index in [0.717, 1.165) is 36.1 Å². The van der Waals surface area contributed by atoms with E-state index < -0.39 is 11.9 Å². The zero-order valence-corrected chi connectivity index (χ0v) is 18.8. The van der Waals surface area contributed by atoms with Crippen molar-refractivity contribution < 1.29 is 14.3 Å². The van der Waals surface area contributed by atoms with Gasteiger partial charge >= 0.3 is 5.97 Å². The molecule has 1 amide bonds. The summed E-state index contributed by atoms with van der Waals surface area (Å²) in [5.41, 5.74) is 8.92. The van der Waals surface area contributed by atoms with Crippen LogP contribution in [-0.4, -0.2) is 60.0 Å². The van der Waals surface area contributed by atoms with Gasteiger partial charge in [-0.25, -0.2) is 9.78 Å². The number of benzene rings is 1. The van der Waals surface area contributed by atoms with Gasteiger partial charge in [0, 0.05) is 41.1 Å². The molecule has 1 aromatic carbocycles. The van der Waals surface area contributed by atoms with Crippen LogP contribution in [0.4, 0.5) is 5.69 Å². The second kappa shape index (κ2) is 10.4. The molecule has 33 heavy (non-hydrogen) atoms. The fourth-order valence-corrected chi connectivity index (χ4v) is 4.28. The number of carbonyl (C=O) groups is 2. The number of pyridine rings is 2. The lowest BCUT2D eigenvalue weighted by molar-refractivity contribution is 0.0600. The summed E-state index contributed by atoms with van der Waals surface area (Å²) in [4.78, 5) is 35.6. The number of nitrogens with one attached hydrogen (secondary N) is 1. The largest absolute Gasteiger partial charge is 0.465 e. The molecule has 8 heteroatoms.